The topological polar surface area (TPSA) is 58.6 Å². The SMILES string of the molecule is COc1ccc(NC2=C(c3ccc(C)cc3)C(=O)N(c3cc(C)cc(C)c3)C2=O)cc1. The molecule has 3 aromatic rings. The van der Waals surface area contributed by atoms with Crippen LogP contribution in [0.2, 0.25) is 0 Å². The molecule has 0 unspecified atom stereocenters. The Balaban J connectivity index is 1.81. The van der Waals surface area contributed by atoms with Gasteiger partial charge in [0.15, 0.2) is 0 Å². The minimum atomic E-state index is -0.374. The second kappa shape index (κ2) is 8.11. The fourth-order valence-electron chi connectivity index (χ4n) is 3.77. The first-order chi connectivity index (χ1) is 14.9. The molecule has 0 radical (unpaired) electrons. The standard InChI is InChI=1S/C26H24N2O3/c1-16-5-7-19(8-6-16)23-24(27-20-9-11-22(31-4)12-10-20)26(30)28(25(23)29)21-14-17(2)13-18(3)15-21/h5-15,27H,1-4H3. The highest BCUT2D eigenvalue weighted by molar-refractivity contribution is 6.46. The summed E-state index contributed by atoms with van der Waals surface area (Å²) in [6.07, 6.45) is 0. The zero-order chi connectivity index (χ0) is 22.1. The smallest absolute Gasteiger partial charge is 0.282 e. The fraction of sp³-hybridized carbons (Fsp3) is 0.154. The first-order valence-electron chi connectivity index (χ1n) is 10.1. The lowest BCUT2D eigenvalue weighted by atomic mass is 10.0. The molecule has 0 aromatic heterocycles. The minimum absolute atomic E-state index is 0.262. The number of hydrogen-bond donors (Lipinski definition) is 1. The van der Waals surface area contributed by atoms with Gasteiger partial charge in [-0.15, -0.1) is 0 Å². The largest absolute Gasteiger partial charge is 0.497 e. The number of anilines is 2. The van der Waals surface area contributed by atoms with Gasteiger partial charge in [-0.3, -0.25) is 9.59 Å². The first kappa shape index (κ1) is 20.4. The lowest BCUT2D eigenvalue weighted by Gasteiger charge is -2.17. The van der Waals surface area contributed by atoms with Gasteiger partial charge >= 0.3 is 0 Å². The van der Waals surface area contributed by atoms with Gasteiger partial charge < -0.3 is 10.1 Å². The van der Waals surface area contributed by atoms with Crippen molar-refractivity contribution in [2.24, 2.45) is 0 Å². The third-order valence-corrected chi connectivity index (χ3v) is 5.25. The quantitative estimate of drug-likeness (QED) is 0.598. The highest BCUT2D eigenvalue weighted by Crippen LogP contribution is 2.34. The average Bonchev–Trinajstić information content (AvgIpc) is 2.98. The van der Waals surface area contributed by atoms with E-state index in [9.17, 15) is 9.59 Å². The molecule has 3 aromatic carbocycles. The monoisotopic (exact) mass is 412 g/mol. The van der Waals surface area contributed by atoms with Crippen LogP contribution < -0.4 is 15.0 Å². The van der Waals surface area contributed by atoms with Crippen LogP contribution in [0.1, 0.15) is 22.3 Å². The van der Waals surface area contributed by atoms with Crippen molar-refractivity contribution in [2.45, 2.75) is 20.8 Å². The van der Waals surface area contributed by atoms with E-state index in [2.05, 4.69) is 5.32 Å². The Hall–Kier alpha value is -3.86. The summed E-state index contributed by atoms with van der Waals surface area (Å²) in [6, 6.07) is 20.6. The lowest BCUT2D eigenvalue weighted by molar-refractivity contribution is -0.120. The summed E-state index contributed by atoms with van der Waals surface area (Å²) in [5, 5.41) is 3.18. The molecule has 156 valence electrons. The van der Waals surface area contributed by atoms with Crippen molar-refractivity contribution in [3.63, 3.8) is 0 Å². The molecule has 31 heavy (non-hydrogen) atoms. The molecule has 4 rings (SSSR count). The number of methoxy groups -OCH3 is 1. The van der Waals surface area contributed by atoms with Gasteiger partial charge in [-0.25, -0.2) is 4.90 Å². The molecule has 1 aliphatic rings. The lowest BCUT2D eigenvalue weighted by Crippen LogP contribution is -2.32. The van der Waals surface area contributed by atoms with Crippen LogP contribution in [0.25, 0.3) is 5.57 Å². The molecule has 0 fully saturated rings. The highest BCUT2D eigenvalue weighted by atomic mass is 16.5. The number of benzene rings is 3. The van der Waals surface area contributed by atoms with Crippen molar-refractivity contribution in [1.29, 1.82) is 0 Å². The third-order valence-electron chi connectivity index (χ3n) is 5.25. The summed E-state index contributed by atoms with van der Waals surface area (Å²) in [6.45, 7) is 5.89. The molecule has 0 saturated heterocycles. The van der Waals surface area contributed by atoms with Gasteiger partial charge in [0, 0.05) is 5.69 Å². The predicted octanol–water partition coefficient (Wildman–Crippen LogP) is 5.02. The number of imide groups is 1. The Bertz CT molecular complexity index is 1170. The van der Waals surface area contributed by atoms with Crippen molar-refractivity contribution in [2.75, 3.05) is 17.3 Å². The number of nitrogens with one attached hydrogen (secondary N) is 1. The van der Waals surface area contributed by atoms with E-state index in [4.69, 9.17) is 4.74 Å². The van der Waals surface area contributed by atoms with E-state index in [0.717, 1.165) is 16.7 Å². The summed E-state index contributed by atoms with van der Waals surface area (Å²) in [5.74, 6) is 0.000216. The number of amides is 2. The maximum atomic E-state index is 13.5. The summed E-state index contributed by atoms with van der Waals surface area (Å²) in [5.41, 5.74) is 5.66. The van der Waals surface area contributed by atoms with Crippen molar-refractivity contribution < 1.29 is 14.3 Å². The maximum Gasteiger partial charge on any atom is 0.282 e. The molecule has 1 aliphatic heterocycles. The minimum Gasteiger partial charge on any atom is -0.497 e. The number of nitrogens with zero attached hydrogens (tertiary/aromatic N) is 1. The van der Waals surface area contributed by atoms with Gasteiger partial charge in [-0.05, 0) is 73.9 Å². The van der Waals surface area contributed by atoms with E-state index >= 15 is 0 Å². The Kier molecular flexibility index (Phi) is 5.34. The number of rotatable bonds is 5. The third kappa shape index (κ3) is 3.94. The molecule has 0 spiro atoms. The van der Waals surface area contributed by atoms with Crippen molar-refractivity contribution in [3.8, 4) is 5.75 Å². The van der Waals surface area contributed by atoms with Crippen LogP contribution in [-0.4, -0.2) is 18.9 Å². The van der Waals surface area contributed by atoms with E-state index in [1.165, 1.54) is 4.90 Å². The normalized spacial score (nSPS) is 13.7. The summed E-state index contributed by atoms with van der Waals surface area (Å²) in [4.78, 5) is 28.2. The number of hydrogen-bond acceptors (Lipinski definition) is 4. The van der Waals surface area contributed by atoms with Crippen LogP contribution in [0.5, 0.6) is 5.75 Å². The summed E-state index contributed by atoms with van der Waals surface area (Å²) < 4.78 is 5.21. The molecular weight excluding hydrogens is 388 g/mol. The summed E-state index contributed by atoms with van der Waals surface area (Å²) >= 11 is 0. The Morgan fingerprint density at radius 2 is 1.35 bits per heavy atom. The molecule has 1 N–H and O–H groups in total. The average molecular weight is 412 g/mol. The van der Waals surface area contributed by atoms with E-state index < -0.39 is 0 Å². The fourth-order valence-corrected chi connectivity index (χ4v) is 3.77. The van der Waals surface area contributed by atoms with E-state index in [-0.39, 0.29) is 17.5 Å². The first-order valence-corrected chi connectivity index (χ1v) is 10.1. The van der Waals surface area contributed by atoms with Crippen LogP contribution in [0.4, 0.5) is 11.4 Å². The van der Waals surface area contributed by atoms with Gasteiger partial charge in [-0.1, -0.05) is 35.9 Å². The summed E-state index contributed by atoms with van der Waals surface area (Å²) in [7, 11) is 1.60. The number of aryl methyl sites for hydroxylation is 3. The van der Waals surface area contributed by atoms with Gasteiger partial charge in [0.1, 0.15) is 11.4 Å². The Morgan fingerprint density at radius 1 is 0.742 bits per heavy atom. The second-order valence-electron chi connectivity index (χ2n) is 7.76. The maximum absolute atomic E-state index is 13.5. The van der Waals surface area contributed by atoms with E-state index in [1.807, 2.05) is 75.4 Å². The molecule has 5 heteroatoms. The molecule has 0 bridgehead atoms. The van der Waals surface area contributed by atoms with Crippen molar-refractivity contribution >= 4 is 28.8 Å². The predicted molar refractivity (Wildman–Crippen MR) is 123 cm³/mol. The molecule has 5 nitrogen and oxygen atoms in total. The van der Waals surface area contributed by atoms with Crippen LogP contribution in [0.3, 0.4) is 0 Å². The Labute approximate surface area is 182 Å². The molecule has 0 saturated carbocycles. The number of carbonyl (C=O) groups excluding carboxylic acids is 2. The second-order valence-corrected chi connectivity index (χ2v) is 7.76. The molecule has 0 aliphatic carbocycles. The highest BCUT2D eigenvalue weighted by Gasteiger charge is 2.40. The van der Waals surface area contributed by atoms with Crippen LogP contribution in [0.15, 0.2) is 72.4 Å². The van der Waals surface area contributed by atoms with Gasteiger partial charge in [0.2, 0.25) is 0 Å². The van der Waals surface area contributed by atoms with Crippen molar-refractivity contribution in [3.05, 3.63) is 94.7 Å². The number of carbonyl (C=O) groups is 2. The number of ether oxygens (including phenoxy) is 1. The van der Waals surface area contributed by atoms with Crippen LogP contribution in [-0.2, 0) is 9.59 Å². The molecule has 1 heterocycles. The van der Waals surface area contributed by atoms with Crippen molar-refractivity contribution in [1.82, 2.24) is 0 Å². The zero-order valence-corrected chi connectivity index (χ0v) is 18.0. The molecule has 2 amide bonds. The van der Waals surface area contributed by atoms with Gasteiger partial charge in [-0.2, -0.15) is 0 Å². The van der Waals surface area contributed by atoms with Gasteiger partial charge in [0.05, 0.1) is 18.4 Å². The van der Waals surface area contributed by atoms with E-state index in [0.29, 0.717) is 28.3 Å². The van der Waals surface area contributed by atoms with Crippen LogP contribution in [0, 0.1) is 20.8 Å². The zero-order valence-electron chi connectivity index (χ0n) is 18.0. The molecule has 0 atom stereocenters. The van der Waals surface area contributed by atoms with Gasteiger partial charge in [0.25, 0.3) is 11.8 Å². The Morgan fingerprint density at radius 3 is 1.94 bits per heavy atom. The van der Waals surface area contributed by atoms with Crippen LogP contribution >= 0.6 is 0 Å². The molecular formula is C26H24N2O3. The van der Waals surface area contributed by atoms with E-state index in [1.54, 1.807) is 19.2 Å².